The average Bonchev–Trinajstić information content (AvgIpc) is 3.01. The minimum atomic E-state index is -3.61. The van der Waals surface area contributed by atoms with E-state index in [1.165, 1.54) is 29.8 Å². The fraction of sp³-hybridized carbons (Fsp3) is 0.400. The van der Waals surface area contributed by atoms with Crippen LogP contribution in [0.1, 0.15) is 18.4 Å². The second-order valence-corrected chi connectivity index (χ2v) is 9.01. The van der Waals surface area contributed by atoms with E-state index in [9.17, 15) is 18.6 Å². The average molecular weight is 375 g/mol. The lowest BCUT2D eigenvalue weighted by atomic mass is 10.1. The largest absolute Gasteiger partial charge is 0.508 e. The molecule has 0 aliphatic carbocycles. The molecule has 0 amide bonds. The number of likely N-dealkylation sites (tertiary alicyclic amines) is 1. The van der Waals surface area contributed by atoms with Crippen molar-refractivity contribution in [3.8, 4) is 5.75 Å². The third kappa shape index (κ3) is 4.44. The van der Waals surface area contributed by atoms with Gasteiger partial charge in [0.15, 0.2) is 9.84 Å². The number of aromatic hydroxyl groups is 1. The summed E-state index contributed by atoms with van der Waals surface area (Å²) in [5, 5.41) is 18.8. The van der Waals surface area contributed by atoms with Crippen molar-refractivity contribution in [1.82, 2.24) is 4.90 Å². The van der Waals surface area contributed by atoms with Crippen LogP contribution < -0.4 is 0 Å². The first-order chi connectivity index (χ1) is 12.5. The monoisotopic (exact) mass is 375 g/mol. The van der Waals surface area contributed by atoms with Crippen molar-refractivity contribution in [2.75, 3.05) is 19.6 Å². The van der Waals surface area contributed by atoms with Gasteiger partial charge in [-0.3, -0.25) is 4.90 Å². The molecule has 0 radical (unpaired) electrons. The van der Waals surface area contributed by atoms with Gasteiger partial charge in [0, 0.05) is 13.1 Å². The Morgan fingerprint density at radius 1 is 0.962 bits per heavy atom. The molecule has 1 aliphatic rings. The number of phenols is 1. The third-order valence-electron chi connectivity index (χ3n) is 4.91. The molecule has 0 bridgehead atoms. The maximum atomic E-state index is 12.7. The summed E-state index contributed by atoms with van der Waals surface area (Å²) in [7, 11) is -3.61. The van der Waals surface area contributed by atoms with Gasteiger partial charge < -0.3 is 10.2 Å². The summed E-state index contributed by atoms with van der Waals surface area (Å²) in [4.78, 5) is 2.17. The molecule has 0 saturated carbocycles. The van der Waals surface area contributed by atoms with Crippen LogP contribution in [0.5, 0.6) is 5.75 Å². The van der Waals surface area contributed by atoms with Crippen molar-refractivity contribution in [2.24, 2.45) is 0 Å². The van der Waals surface area contributed by atoms with Crippen molar-refractivity contribution in [1.29, 1.82) is 0 Å². The Kier molecular flexibility index (Phi) is 5.96. The zero-order valence-electron chi connectivity index (χ0n) is 14.7. The quantitative estimate of drug-likeness (QED) is 0.726. The zero-order chi connectivity index (χ0) is 18.6. The summed E-state index contributed by atoms with van der Waals surface area (Å²) in [6.45, 7) is 1.51. The highest BCUT2D eigenvalue weighted by molar-refractivity contribution is 7.92. The highest BCUT2D eigenvalue weighted by Gasteiger charge is 2.40. The van der Waals surface area contributed by atoms with Crippen molar-refractivity contribution in [2.45, 2.75) is 35.5 Å². The first-order valence-corrected chi connectivity index (χ1v) is 10.5. The van der Waals surface area contributed by atoms with Gasteiger partial charge in [-0.1, -0.05) is 30.3 Å². The molecule has 26 heavy (non-hydrogen) atoms. The number of hydrogen-bond acceptors (Lipinski definition) is 5. The highest BCUT2D eigenvalue weighted by Crippen LogP contribution is 2.26. The first-order valence-electron chi connectivity index (χ1n) is 8.94. The second kappa shape index (κ2) is 8.20. The molecule has 0 spiro atoms. The van der Waals surface area contributed by atoms with E-state index in [-0.39, 0.29) is 10.6 Å². The van der Waals surface area contributed by atoms with Crippen molar-refractivity contribution < 1.29 is 18.6 Å². The Morgan fingerprint density at radius 2 is 1.65 bits per heavy atom. The Labute approximate surface area is 154 Å². The smallest absolute Gasteiger partial charge is 0.185 e. The molecule has 1 aliphatic heterocycles. The first kappa shape index (κ1) is 18.9. The molecule has 1 heterocycles. The topological polar surface area (TPSA) is 77.8 Å². The molecule has 2 unspecified atom stereocenters. The van der Waals surface area contributed by atoms with Crippen LogP contribution in [0.3, 0.4) is 0 Å². The predicted molar refractivity (Wildman–Crippen MR) is 101 cm³/mol. The summed E-state index contributed by atoms with van der Waals surface area (Å²) in [5.41, 5.74) is 1.31. The van der Waals surface area contributed by atoms with Gasteiger partial charge in [-0.25, -0.2) is 8.42 Å². The maximum absolute atomic E-state index is 12.7. The zero-order valence-corrected chi connectivity index (χ0v) is 15.5. The van der Waals surface area contributed by atoms with Gasteiger partial charge in [-0.05, 0) is 55.6 Å². The van der Waals surface area contributed by atoms with Gasteiger partial charge in [0.2, 0.25) is 0 Å². The Hall–Kier alpha value is -1.89. The number of hydrogen-bond donors (Lipinski definition) is 2. The fourth-order valence-corrected chi connectivity index (χ4v) is 5.21. The van der Waals surface area contributed by atoms with Crippen LogP contribution in [0, 0.1) is 0 Å². The molecule has 2 atom stereocenters. The van der Waals surface area contributed by atoms with Crippen LogP contribution in [-0.2, 0) is 16.3 Å². The van der Waals surface area contributed by atoms with E-state index >= 15 is 0 Å². The molecular formula is C20H25NO4S. The Morgan fingerprint density at radius 3 is 2.35 bits per heavy atom. The number of aryl methyl sites for hydroxylation is 1. The lowest BCUT2D eigenvalue weighted by Gasteiger charge is -2.16. The number of sulfone groups is 1. The van der Waals surface area contributed by atoms with Crippen molar-refractivity contribution >= 4 is 9.84 Å². The summed E-state index contributed by atoms with van der Waals surface area (Å²) in [6.07, 6.45) is 2.12. The molecular weight excluding hydrogens is 350 g/mol. The second-order valence-electron chi connectivity index (χ2n) is 6.85. The molecule has 140 valence electrons. The van der Waals surface area contributed by atoms with Crippen LogP contribution in [0.25, 0.3) is 0 Å². The summed E-state index contributed by atoms with van der Waals surface area (Å²) in [6, 6.07) is 15.8. The predicted octanol–water partition coefficient (Wildman–Crippen LogP) is 2.23. The van der Waals surface area contributed by atoms with Crippen LogP contribution in [0.2, 0.25) is 0 Å². The SMILES string of the molecule is O=S(=O)(c1ccc(O)cc1)C1CN(CCCCc2ccccc2)CC1O. The molecule has 2 N–H and O–H groups in total. The number of β-amino-alcohol motifs (C(OH)–C–C–N with tert-alkyl or cyclic N) is 1. The fourth-order valence-electron chi connectivity index (χ4n) is 3.44. The van der Waals surface area contributed by atoms with Gasteiger partial charge >= 0.3 is 0 Å². The molecule has 1 saturated heterocycles. The minimum Gasteiger partial charge on any atom is -0.508 e. The van der Waals surface area contributed by atoms with E-state index in [2.05, 4.69) is 12.1 Å². The number of phenolic OH excluding ortho intramolecular Hbond substituents is 1. The molecule has 2 aromatic rings. The maximum Gasteiger partial charge on any atom is 0.185 e. The standard InChI is InChI=1S/C20H25NO4S/c22-17-9-11-18(12-10-17)26(24,25)20-15-21(14-19(20)23)13-5-4-8-16-6-2-1-3-7-16/h1-3,6-7,9-12,19-20,22-23H,4-5,8,13-15H2. The summed E-state index contributed by atoms with van der Waals surface area (Å²) < 4.78 is 25.5. The van der Waals surface area contributed by atoms with E-state index in [0.29, 0.717) is 13.1 Å². The molecule has 5 nitrogen and oxygen atoms in total. The van der Waals surface area contributed by atoms with Crippen LogP contribution >= 0.6 is 0 Å². The lowest BCUT2D eigenvalue weighted by Crippen LogP contribution is -2.33. The van der Waals surface area contributed by atoms with E-state index in [1.807, 2.05) is 23.1 Å². The number of benzene rings is 2. The van der Waals surface area contributed by atoms with Gasteiger partial charge in [-0.2, -0.15) is 0 Å². The highest BCUT2D eigenvalue weighted by atomic mass is 32.2. The van der Waals surface area contributed by atoms with Gasteiger partial charge in [-0.15, -0.1) is 0 Å². The molecule has 2 aromatic carbocycles. The van der Waals surface area contributed by atoms with E-state index < -0.39 is 21.2 Å². The lowest BCUT2D eigenvalue weighted by molar-refractivity contribution is 0.177. The molecule has 6 heteroatoms. The van der Waals surface area contributed by atoms with Gasteiger partial charge in [0.25, 0.3) is 0 Å². The normalized spacial score (nSPS) is 21.1. The van der Waals surface area contributed by atoms with E-state index in [1.54, 1.807) is 0 Å². The third-order valence-corrected chi connectivity index (χ3v) is 7.10. The molecule has 1 fully saturated rings. The minimum absolute atomic E-state index is 0.0240. The molecule has 3 rings (SSSR count). The number of aliphatic hydroxyl groups excluding tert-OH is 1. The Bertz CT molecular complexity index is 805. The van der Waals surface area contributed by atoms with E-state index in [0.717, 1.165) is 25.8 Å². The van der Waals surface area contributed by atoms with Crippen LogP contribution in [0.15, 0.2) is 59.5 Å². The number of nitrogens with zero attached hydrogens (tertiary/aromatic N) is 1. The van der Waals surface area contributed by atoms with Gasteiger partial charge in [0.05, 0.1) is 11.0 Å². The van der Waals surface area contributed by atoms with Crippen LogP contribution in [-0.4, -0.2) is 54.5 Å². The number of aliphatic hydroxyl groups is 1. The summed E-state index contributed by atoms with van der Waals surface area (Å²) in [5.74, 6) is 0.0240. The number of rotatable bonds is 7. The number of unbranched alkanes of at least 4 members (excludes halogenated alkanes) is 1. The Balaban J connectivity index is 1.53. The van der Waals surface area contributed by atoms with Crippen LogP contribution in [0.4, 0.5) is 0 Å². The van der Waals surface area contributed by atoms with Crippen molar-refractivity contribution in [3.05, 3.63) is 60.2 Å². The summed E-state index contributed by atoms with van der Waals surface area (Å²) >= 11 is 0. The molecule has 0 aromatic heterocycles. The van der Waals surface area contributed by atoms with E-state index in [4.69, 9.17) is 0 Å². The van der Waals surface area contributed by atoms with Crippen molar-refractivity contribution in [3.63, 3.8) is 0 Å². The van der Waals surface area contributed by atoms with Gasteiger partial charge in [0.1, 0.15) is 11.0 Å².